The van der Waals surface area contributed by atoms with Crippen molar-refractivity contribution in [1.82, 2.24) is 0 Å². The molecule has 0 spiro atoms. The van der Waals surface area contributed by atoms with Gasteiger partial charge < -0.3 is 9.47 Å². The Labute approximate surface area is 145 Å². The first kappa shape index (κ1) is 17.9. The molecule has 4 rings (SSSR count). The lowest BCUT2D eigenvalue weighted by Gasteiger charge is -2.56. The Bertz CT molecular complexity index is 472. The largest absolute Gasteiger partial charge is 0.428 e. The molecule has 4 nitrogen and oxygen atoms in total. The van der Waals surface area contributed by atoms with Gasteiger partial charge in [0, 0.05) is 6.92 Å². The van der Waals surface area contributed by atoms with Gasteiger partial charge in [0.2, 0.25) is 0 Å². The summed E-state index contributed by atoms with van der Waals surface area (Å²) in [6.07, 6.45) is 7.44. The van der Waals surface area contributed by atoms with Gasteiger partial charge >= 0.3 is 5.97 Å². The lowest BCUT2D eigenvalue weighted by Crippen LogP contribution is -2.49. The molecule has 0 N–H and O–H groups in total. The van der Waals surface area contributed by atoms with E-state index >= 15 is 0 Å². The lowest BCUT2D eigenvalue weighted by molar-refractivity contribution is -0.204. The maximum Gasteiger partial charge on any atom is 0.314 e. The van der Waals surface area contributed by atoms with Gasteiger partial charge in [0.1, 0.15) is 0 Å². The van der Waals surface area contributed by atoms with Crippen LogP contribution in [0.5, 0.6) is 0 Å². The molecule has 4 fully saturated rings. The number of rotatable bonds is 7. The molecule has 4 saturated carbocycles. The van der Waals surface area contributed by atoms with E-state index in [0.717, 1.165) is 17.8 Å². The second-order valence-corrected chi connectivity index (χ2v) is 9.31. The Morgan fingerprint density at radius 1 is 1.08 bits per heavy atom. The molecular weight excluding hydrogens is 304 g/mol. The third kappa shape index (κ3) is 3.54. The third-order valence-electron chi connectivity index (χ3n) is 6.69. The minimum atomic E-state index is -1.05. The summed E-state index contributed by atoms with van der Waals surface area (Å²) in [7, 11) is 0. The fourth-order valence-corrected chi connectivity index (χ4v) is 5.35. The van der Waals surface area contributed by atoms with Gasteiger partial charge in [0.15, 0.2) is 5.78 Å². The zero-order valence-corrected chi connectivity index (χ0v) is 15.6. The van der Waals surface area contributed by atoms with Crippen LogP contribution in [0, 0.1) is 28.6 Å². The van der Waals surface area contributed by atoms with Gasteiger partial charge in [-0.2, -0.15) is 0 Å². The van der Waals surface area contributed by atoms with Crippen LogP contribution in [0.2, 0.25) is 0 Å². The lowest BCUT2D eigenvalue weighted by atomic mass is 9.50. The van der Waals surface area contributed by atoms with Crippen molar-refractivity contribution in [1.29, 1.82) is 0 Å². The molecule has 0 aromatic rings. The highest BCUT2D eigenvalue weighted by Gasteiger charge is 2.51. The van der Waals surface area contributed by atoms with E-state index in [9.17, 15) is 9.59 Å². The van der Waals surface area contributed by atoms with Crippen molar-refractivity contribution >= 4 is 11.8 Å². The first-order valence-electron chi connectivity index (χ1n) is 9.56. The maximum atomic E-state index is 12.3. The summed E-state index contributed by atoms with van der Waals surface area (Å²) < 4.78 is 11.3. The molecule has 0 aliphatic heterocycles. The van der Waals surface area contributed by atoms with Crippen molar-refractivity contribution in [3.05, 3.63) is 0 Å². The van der Waals surface area contributed by atoms with Crippen LogP contribution in [0.3, 0.4) is 0 Å². The molecule has 0 saturated heterocycles. The van der Waals surface area contributed by atoms with Crippen LogP contribution in [0.25, 0.3) is 0 Å². The van der Waals surface area contributed by atoms with Crippen molar-refractivity contribution in [3.63, 3.8) is 0 Å². The van der Waals surface area contributed by atoms with E-state index in [1.54, 1.807) is 0 Å². The van der Waals surface area contributed by atoms with Crippen LogP contribution in [-0.2, 0) is 19.1 Å². The van der Waals surface area contributed by atoms with Crippen molar-refractivity contribution in [2.45, 2.75) is 78.9 Å². The van der Waals surface area contributed by atoms with Crippen LogP contribution >= 0.6 is 0 Å². The van der Waals surface area contributed by atoms with Gasteiger partial charge in [-0.3, -0.25) is 9.59 Å². The van der Waals surface area contributed by atoms with Gasteiger partial charge in [-0.05, 0) is 82.0 Å². The van der Waals surface area contributed by atoms with Crippen molar-refractivity contribution < 1.29 is 19.1 Å². The standard InChI is InChI=1S/C20H32O4/c1-5-19(3,4)18(22)24-17(13(2)21)23-12-20-9-14-6-15(10-20)8-16(7-14)11-20/h14-17H,5-12H2,1-4H3. The molecule has 1 unspecified atom stereocenters. The van der Waals surface area contributed by atoms with Gasteiger partial charge in [0.05, 0.1) is 12.0 Å². The number of hydrogen-bond acceptors (Lipinski definition) is 4. The van der Waals surface area contributed by atoms with Crippen LogP contribution in [0.4, 0.5) is 0 Å². The number of carbonyl (C=O) groups excluding carboxylic acids is 2. The monoisotopic (exact) mass is 336 g/mol. The molecule has 24 heavy (non-hydrogen) atoms. The van der Waals surface area contributed by atoms with E-state index in [1.165, 1.54) is 45.4 Å². The Hall–Kier alpha value is -0.900. The minimum Gasteiger partial charge on any atom is -0.428 e. The number of ether oxygens (including phenoxy) is 2. The summed E-state index contributed by atoms with van der Waals surface area (Å²) in [6.45, 7) is 7.62. The quantitative estimate of drug-likeness (QED) is 0.518. The number of Topliss-reactive ketones (excluding diaryl/α,β-unsaturated/α-hetero) is 1. The molecule has 4 aliphatic rings. The van der Waals surface area contributed by atoms with E-state index in [2.05, 4.69) is 0 Å². The van der Waals surface area contributed by atoms with Gasteiger partial charge in [-0.15, -0.1) is 0 Å². The molecule has 0 aromatic heterocycles. The van der Waals surface area contributed by atoms with Gasteiger partial charge in [-0.1, -0.05) is 6.92 Å². The normalized spacial score (nSPS) is 35.8. The van der Waals surface area contributed by atoms with Gasteiger partial charge in [-0.25, -0.2) is 0 Å². The van der Waals surface area contributed by atoms with Gasteiger partial charge in [0.25, 0.3) is 6.29 Å². The third-order valence-corrected chi connectivity index (χ3v) is 6.69. The first-order valence-corrected chi connectivity index (χ1v) is 9.56. The molecule has 0 radical (unpaired) electrons. The van der Waals surface area contributed by atoms with E-state index in [-0.39, 0.29) is 17.2 Å². The zero-order valence-electron chi connectivity index (χ0n) is 15.6. The minimum absolute atomic E-state index is 0.217. The predicted molar refractivity (Wildman–Crippen MR) is 91.2 cm³/mol. The number of esters is 1. The summed E-state index contributed by atoms with van der Waals surface area (Å²) in [5.74, 6) is 1.96. The fraction of sp³-hybridized carbons (Fsp3) is 0.900. The average molecular weight is 336 g/mol. The maximum absolute atomic E-state index is 12.3. The average Bonchev–Trinajstić information content (AvgIpc) is 2.49. The molecule has 0 heterocycles. The summed E-state index contributed by atoms with van der Waals surface area (Å²) in [4.78, 5) is 24.2. The van der Waals surface area contributed by atoms with Crippen LogP contribution in [0.1, 0.15) is 72.6 Å². The molecule has 4 aliphatic carbocycles. The van der Waals surface area contributed by atoms with E-state index < -0.39 is 11.7 Å². The fourth-order valence-electron chi connectivity index (χ4n) is 5.35. The molecule has 0 aromatic carbocycles. The molecule has 136 valence electrons. The molecular formula is C20H32O4. The Balaban J connectivity index is 1.61. The topological polar surface area (TPSA) is 52.6 Å². The first-order chi connectivity index (χ1) is 11.2. The summed E-state index contributed by atoms with van der Waals surface area (Å²) >= 11 is 0. The second-order valence-electron chi connectivity index (χ2n) is 9.31. The summed E-state index contributed by atoms with van der Waals surface area (Å²) in [6, 6.07) is 0. The van der Waals surface area contributed by atoms with Crippen molar-refractivity contribution in [3.8, 4) is 0 Å². The van der Waals surface area contributed by atoms with Crippen molar-refractivity contribution in [2.24, 2.45) is 28.6 Å². The summed E-state index contributed by atoms with van der Waals surface area (Å²) in [5, 5.41) is 0. The smallest absolute Gasteiger partial charge is 0.314 e. The van der Waals surface area contributed by atoms with E-state index in [1.807, 2.05) is 20.8 Å². The Kier molecular flexibility index (Phi) is 4.80. The molecule has 4 heteroatoms. The van der Waals surface area contributed by atoms with Crippen LogP contribution in [0.15, 0.2) is 0 Å². The highest BCUT2D eigenvalue weighted by Crippen LogP contribution is 2.60. The van der Waals surface area contributed by atoms with E-state index in [0.29, 0.717) is 13.0 Å². The molecule has 4 bridgehead atoms. The van der Waals surface area contributed by atoms with Crippen LogP contribution in [-0.4, -0.2) is 24.6 Å². The highest BCUT2D eigenvalue weighted by atomic mass is 16.7. The summed E-state index contributed by atoms with van der Waals surface area (Å²) in [5.41, 5.74) is -0.368. The number of hydrogen-bond donors (Lipinski definition) is 0. The second kappa shape index (κ2) is 6.44. The van der Waals surface area contributed by atoms with Crippen LogP contribution < -0.4 is 0 Å². The van der Waals surface area contributed by atoms with Crippen molar-refractivity contribution in [2.75, 3.05) is 6.61 Å². The SMILES string of the molecule is CCC(C)(C)C(=O)OC(OCC12CC3CC(CC(C3)C1)C2)C(C)=O. The molecule has 0 amide bonds. The highest BCUT2D eigenvalue weighted by molar-refractivity contribution is 5.83. The number of ketones is 1. The molecule has 1 atom stereocenters. The van der Waals surface area contributed by atoms with E-state index in [4.69, 9.17) is 9.47 Å². The Morgan fingerprint density at radius 3 is 2.00 bits per heavy atom. The zero-order chi connectivity index (χ0) is 17.5. The number of carbonyl (C=O) groups is 2. The predicted octanol–water partition coefficient (Wildman–Crippen LogP) is 4.11. The Morgan fingerprint density at radius 2 is 1.58 bits per heavy atom.